The van der Waals surface area contributed by atoms with E-state index in [1.807, 2.05) is 0 Å². The fraction of sp³-hybridized carbons (Fsp3) is 0.600. The molecule has 0 aliphatic rings. The van der Waals surface area contributed by atoms with Gasteiger partial charge in [0.1, 0.15) is 0 Å². The minimum absolute atomic E-state index is 0.150. The van der Waals surface area contributed by atoms with Gasteiger partial charge in [0.15, 0.2) is 0 Å². The molecule has 0 aromatic heterocycles. The Labute approximate surface area is 129 Å². The minimum Gasteiger partial charge on any atom is -0.299 e. The number of benzene rings is 1. The molecule has 0 radical (unpaired) electrons. The Morgan fingerprint density at radius 2 is 1.75 bits per heavy atom. The summed E-state index contributed by atoms with van der Waals surface area (Å²) in [5.41, 5.74) is 1.12. The molecular weight excluding hydrogens is 320 g/mol. The predicted octanol–water partition coefficient (Wildman–Crippen LogP) is 4.47. The highest BCUT2D eigenvalue weighted by Gasteiger charge is 2.15. The molecule has 0 unspecified atom stereocenters. The molecule has 112 valence electrons. The molecule has 0 saturated heterocycles. The summed E-state index contributed by atoms with van der Waals surface area (Å²) in [7, 11) is 0. The van der Waals surface area contributed by atoms with Crippen LogP contribution >= 0.6 is 15.9 Å². The van der Waals surface area contributed by atoms with E-state index in [0.29, 0.717) is 11.8 Å². The first-order chi connectivity index (χ1) is 9.29. The van der Waals surface area contributed by atoms with Gasteiger partial charge in [-0.15, -0.1) is 0 Å². The van der Waals surface area contributed by atoms with Crippen LogP contribution in [0.15, 0.2) is 22.7 Å². The lowest BCUT2D eigenvalue weighted by Crippen LogP contribution is -2.31. The first kappa shape index (κ1) is 17.1. The Bertz CT molecular complexity index is 451. The molecule has 4 nitrogen and oxygen atoms in total. The van der Waals surface area contributed by atoms with Gasteiger partial charge in [-0.1, -0.05) is 43.6 Å². The van der Waals surface area contributed by atoms with E-state index in [4.69, 9.17) is 0 Å². The van der Waals surface area contributed by atoms with Crippen molar-refractivity contribution >= 4 is 21.6 Å². The fourth-order valence-electron chi connectivity index (χ4n) is 2.27. The third-order valence-electron chi connectivity index (χ3n) is 2.88. The highest BCUT2D eigenvalue weighted by Crippen LogP contribution is 2.24. The second-order valence-corrected chi connectivity index (χ2v) is 6.87. The van der Waals surface area contributed by atoms with E-state index in [-0.39, 0.29) is 10.6 Å². The van der Waals surface area contributed by atoms with Gasteiger partial charge in [-0.05, 0) is 23.5 Å². The van der Waals surface area contributed by atoms with Gasteiger partial charge in [-0.3, -0.25) is 15.0 Å². The molecule has 5 heteroatoms. The molecule has 0 N–H and O–H groups in total. The van der Waals surface area contributed by atoms with Crippen molar-refractivity contribution in [1.82, 2.24) is 4.90 Å². The van der Waals surface area contributed by atoms with Crippen molar-refractivity contribution in [2.75, 3.05) is 13.1 Å². The van der Waals surface area contributed by atoms with E-state index in [1.54, 1.807) is 12.1 Å². The fourth-order valence-corrected chi connectivity index (χ4v) is 2.65. The molecule has 0 saturated carbocycles. The number of nitrogens with zero attached hydrogens (tertiary/aromatic N) is 2. The van der Waals surface area contributed by atoms with Crippen LogP contribution < -0.4 is 0 Å². The largest absolute Gasteiger partial charge is 0.299 e. The SMILES string of the molecule is CC(C)CN(Cc1cc([N+](=O)[O-])ccc1Br)CC(C)C. The number of nitro groups is 1. The van der Waals surface area contributed by atoms with Crippen LogP contribution in [0.2, 0.25) is 0 Å². The van der Waals surface area contributed by atoms with Gasteiger partial charge in [0.2, 0.25) is 0 Å². The zero-order chi connectivity index (χ0) is 15.3. The molecule has 0 bridgehead atoms. The lowest BCUT2D eigenvalue weighted by Gasteiger charge is -2.26. The zero-order valence-electron chi connectivity index (χ0n) is 12.6. The lowest BCUT2D eigenvalue weighted by molar-refractivity contribution is -0.384. The van der Waals surface area contributed by atoms with E-state index >= 15 is 0 Å². The smallest absolute Gasteiger partial charge is 0.269 e. The van der Waals surface area contributed by atoms with E-state index < -0.39 is 0 Å². The average Bonchev–Trinajstić information content (AvgIpc) is 2.29. The van der Waals surface area contributed by atoms with Gasteiger partial charge >= 0.3 is 0 Å². The Morgan fingerprint density at radius 3 is 2.20 bits per heavy atom. The summed E-state index contributed by atoms with van der Waals surface area (Å²) in [4.78, 5) is 12.9. The maximum Gasteiger partial charge on any atom is 0.269 e. The molecule has 0 heterocycles. The van der Waals surface area contributed by atoms with Gasteiger partial charge in [0.25, 0.3) is 5.69 Å². The van der Waals surface area contributed by atoms with Crippen LogP contribution in [-0.2, 0) is 6.54 Å². The predicted molar refractivity (Wildman–Crippen MR) is 85.7 cm³/mol. The van der Waals surface area contributed by atoms with Crippen molar-refractivity contribution < 1.29 is 4.92 Å². The second kappa shape index (κ2) is 7.74. The molecule has 0 atom stereocenters. The normalized spacial score (nSPS) is 11.6. The van der Waals surface area contributed by atoms with E-state index in [1.165, 1.54) is 6.07 Å². The maximum absolute atomic E-state index is 10.9. The summed E-state index contributed by atoms with van der Waals surface area (Å²) < 4.78 is 0.931. The Balaban J connectivity index is 2.91. The minimum atomic E-state index is -0.342. The van der Waals surface area contributed by atoms with Crippen LogP contribution in [0.3, 0.4) is 0 Å². The van der Waals surface area contributed by atoms with Crippen LogP contribution in [0, 0.1) is 22.0 Å². The van der Waals surface area contributed by atoms with Crippen molar-refractivity contribution in [1.29, 1.82) is 0 Å². The quantitative estimate of drug-likeness (QED) is 0.542. The first-order valence-corrected chi connectivity index (χ1v) is 7.74. The summed E-state index contributed by atoms with van der Waals surface area (Å²) in [6.07, 6.45) is 0. The van der Waals surface area contributed by atoms with Crippen molar-refractivity contribution in [3.8, 4) is 0 Å². The highest BCUT2D eigenvalue weighted by molar-refractivity contribution is 9.10. The molecule has 0 fully saturated rings. The molecule has 0 spiro atoms. The molecule has 1 aromatic carbocycles. The van der Waals surface area contributed by atoms with Crippen molar-refractivity contribution in [2.24, 2.45) is 11.8 Å². The molecular formula is C15H23BrN2O2. The van der Waals surface area contributed by atoms with Gasteiger partial charge in [0.05, 0.1) is 4.92 Å². The molecule has 1 rings (SSSR count). The standard InChI is InChI=1S/C15H23BrN2O2/c1-11(2)8-17(9-12(3)4)10-13-7-14(18(19)20)5-6-15(13)16/h5-7,11-12H,8-10H2,1-4H3. The molecule has 1 aromatic rings. The molecule has 0 aliphatic heterocycles. The van der Waals surface area contributed by atoms with Crippen LogP contribution in [0.4, 0.5) is 5.69 Å². The van der Waals surface area contributed by atoms with Crippen LogP contribution in [0.25, 0.3) is 0 Å². The van der Waals surface area contributed by atoms with E-state index in [2.05, 4.69) is 48.5 Å². The second-order valence-electron chi connectivity index (χ2n) is 6.01. The van der Waals surface area contributed by atoms with Gasteiger partial charge in [0, 0.05) is 36.2 Å². The summed E-state index contributed by atoms with van der Waals surface area (Å²) in [6.45, 7) is 11.5. The number of non-ortho nitro benzene ring substituents is 1. The monoisotopic (exact) mass is 342 g/mol. The van der Waals surface area contributed by atoms with Gasteiger partial charge < -0.3 is 0 Å². The first-order valence-electron chi connectivity index (χ1n) is 6.94. The van der Waals surface area contributed by atoms with Crippen LogP contribution in [0.5, 0.6) is 0 Å². The third kappa shape index (κ3) is 5.59. The summed E-state index contributed by atoms with van der Waals surface area (Å²) in [5, 5.41) is 10.9. The van der Waals surface area contributed by atoms with Crippen LogP contribution in [0.1, 0.15) is 33.3 Å². The highest BCUT2D eigenvalue weighted by atomic mass is 79.9. The topological polar surface area (TPSA) is 46.4 Å². The zero-order valence-corrected chi connectivity index (χ0v) is 14.2. The van der Waals surface area contributed by atoms with Crippen molar-refractivity contribution in [2.45, 2.75) is 34.2 Å². The third-order valence-corrected chi connectivity index (χ3v) is 3.65. The number of hydrogen-bond donors (Lipinski definition) is 0. The number of hydrogen-bond acceptors (Lipinski definition) is 3. The van der Waals surface area contributed by atoms with Gasteiger partial charge in [-0.2, -0.15) is 0 Å². The number of nitro benzene ring substituents is 1. The number of rotatable bonds is 7. The maximum atomic E-state index is 10.9. The average molecular weight is 343 g/mol. The number of halogens is 1. The summed E-state index contributed by atoms with van der Waals surface area (Å²) >= 11 is 3.49. The van der Waals surface area contributed by atoms with Crippen molar-refractivity contribution in [3.05, 3.63) is 38.3 Å². The Kier molecular flexibility index (Phi) is 6.62. The summed E-state index contributed by atoms with van der Waals surface area (Å²) in [5.74, 6) is 1.15. The lowest BCUT2D eigenvalue weighted by atomic mass is 10.1. The van der Waals surface area contributed by atoms with E-state index in [9.17, 15) is 10.1 Å². The molecule has 0 amide bonds. The summed E-state index contributed by atoms with van der Waals surface area (Å²) in [6, 6.07) is 4.96. The Morgan fingerprint density at radius 1 is 1.20 bits per heavy atom. The molecule has 0 aliphatic carbocycles. The van der Waals surface area contributed by atoms with E-state index in [0.717, 1.165) is 29.7 Å². The van der Waals surface area contributed by atoms with Crippen LogP contribution in [-0.4, -0.2) is 22.9 Å². The molecule has 20 heavy (non-hydrogen) atoms. The van der Waals surface area contributed by atoms with Gasteiger partial charge in [-0.25, -0.2) is 0 Å². The van der Waals surface area contributed by atoms with Crippen molar-refractivity contribution in [3.63, 3.8) is 0 Å². The Hall–Kier alpha value is -0.940.